The molecule has 0 amide bonds. The van der Waals surface area contributed by atoms with Gasteiger partial charge >= 0.3 is 0 Å². The van der Waals surface area contributed by atoms with E-state index in [1.165, 1.54) is 0 Å². The lowest BCUT2D eigenvalue weighted by atomic mass is 10.2. The van der Waals surface area contributed by atoms with Gasteiger partial charge in [-0.3, -0.25) is 4.99 Å². The number of hydrogen-bond donors (Lipinski definition) is 1. The summed E-state index contributed by atoms with van der Waals surface area (Å²) < 4.78 is 29.8. The molecule has 0 unspecified atom stereocenters. The maximum atomic E-state index is 12.3. The number of rotatable bonds is 8. The summed E-state index contributed by atoms with van der Waals surface area (Å²) in [4.78, 5) is 6.63. The van der Waals surface area contributed by atoms with Crippen LogP contribution in [0.2, 0.25) is 0 Å². The highest BCUT2D eigenvalue weighted by atomic mass is 32.2. The molecule has 0 fully saturated rings. The Bertz CT molecular complexity index is 835. The van der Waals surface area contributed by atoms with Gasteiger partial charge in [-0.05, 0) is 36.2 Å². The van der Waals surface area contributed by atoms with Gasteiger partial charge in [0.25, 0.3) is 0 Å². The van der Waals surface area contributed by atoms with Crippen molar-refractivity contribution in [2.75, 3.05) is 33.5 Å². The smallest absolute Gasteiger partial charge is 0.193 e. The first-order valence-corrected chi connectivity index (χ1v) is 10.4. The molecule has 1 N–H and O–H groups in total. The molecule has 0 heterocycles. The summed E-state index contributed by atoms with van der Waals surface area (Å²) in [5.41, 5.74) is 1.13. The Morgan fingerprint density at radius 1 is 1.11 bits per heavy atom. The highest BCUT2D eigenvalue weighted by Crippen LogP contribution is 2.13. The van der Waals surface area contributed by atoms with Crippen molar-refractivity contribution in [3.8, 4) is 5.75 Å². The fourth-order valence-electron chi connectivity index (χ4n) is 2.67. The first kappa shape index (κ1) is 20.8. The minimum absolute atomic E-state index is 0.100. The molecule has 0 radical (unpaired) electrons. The number of ether oxygens (including phenoxy) is 1. The summed E-state index contributed by atoms with van der Waals surface area (Å²) in [6.45, 7) is 1.22. The van der Waals surface area contributed by atoms with Crippen molar-refractivity contribution in [3.63, 3.8) is 0 Å². The summed E-state index contributed by atoms with van der Waals surface area (Å²) in [6, 6.07) is 16.4. The van der Waals surface area contributed by atoms with E-state index < -0.39 is 9.84 Å². The standard InChI is InChI=1S/C20H27N3O3S/c1-21-20(23(2)16-17-10-12-18(26-3)13-11-17)22-14-7-15-27(24,25)19-8-5-4-6-9-19/h4-6,8-13H,7,14-16H2,1-3H3,(H,21,22). The minimum atomic E-state index is -3.25. The van der Waals surface area contributed by atoms with E-state index in [4.69, 9.17) is 4.74 Å². The largest absolute Gasteiger partial charge is 0.497 e. The number of aliphatic imine (C=N–C) groups is 1. The lowest BCUT2D eigenvalue weighted by Gasteiger charge is -2.22. The molecule has 6 nitrogen and oxygen atoms in total. The van der Waals surface area contributed by atoms with Crippen LogP contribution in [-0.2, 0) is 16.4 Å². The summed E-state index contributed by atoms with van der Waals surface area (Å²) in [5.74, 6) is 1.65. The van der Waals surface area contributed by atoms with E-state index in [1.54, 1.807) is 38.4 Å². The second-order valence-corrected chi connectivity index (χ2v) is 8.27. The molecule has 0 aromatic heterocycles. The fraction of sp³-hybridized carbons (Fsp3) is 0.350. The van der Waals surface area contributed by atoms with E-state index in [-0.39, 0.29) is 5.75 Å². The molecule has 0 bridgehead atoms. The van der Waals surface area contributed by atoms with E-state index in [2.05, 4.69) is 10.3 Å². The molecular formula is C20H27N3O3S. The highest BCUT2D eigenvalue weighted by Gasteiger charge is 2.13. The van der Waals surface area contributed by atoms with Gasteiger partial charge < -0.3 is 15.0 Å². The minimum Gasteiger partial charge on any atom is -0.497 e. The second-order valence-electron chi connectivity index (χ2n) is 6.16. The molecule has 27 heavy (non-hydrogen) atoms. The van der Waals surface area contributed by atoms with E-state index in [0.717, 1.165) is 17.3 Å². The lowest BCUT2D eigenvalue weighted by Crippen LogP contribution is -2.39. The fourth-order valence-corrected chi connectivity index (χ4v) is 4.00. The first-order valence-electron chi connectivity index (χ1n) is 8.79. The van der Waals surface area contributed by atoms with Crippen LogP contribution in [0, 0.1) is 0 Å². The topological polar surface area (TPSA) is 71.0 Å². The van der Waals surface area contributed by atoms with Gasteiger partial charge in [0.05, 0.1) is 17.8 Å². The average Bonchev–Trinajstić information content (AvgIpc) is 2.69. The van der Waals surface area contributed by atoms with Crippen LogP contribution in [0.3, 0.4) is 0 Å². The predicted molar refractivity (Wildman–Crippen MR) is 109 cm³/mol. The summed E-state index contributed by atoms with van der Waals surface area (Å²) in [7, 11) is 2.06. The van der Waals surface area contributed by atoms with Gasteiger partial charge in [0.15, 0.2) is 15.8 Å². The van der Waals surface area contributed by atoms with Crippen LogP contribution in [0.1, 0.15) is 12.0 Å². The van der Waals surface area contributed by atoms with Crippen molar-refractivity contribution in [3.05, 3.63) is 60.2 Å². The summed E-state index contributed by atoms with van der Waals surface area (Å²) in [5, 5.41) is 3.22. The van der Waals surface area contributed by atoms with Gasteiger partial charge in [-0.2, -0.15) is 0 Å². The van der Waals surface area contributed by atoms with Gasteiger partial charge in [0, 0.05) is 27.2 Å². The van der Waals surface area contributed by atoms with Crippen LogP contribution in [0.4, 0.5) is 0 Å². The van der Waals surface area contributed by atoms with Crippen LogP contribution < -0.4 is 10.1 Å². The van der Waals surface area contributed by atoms with Crippen LogP contribution in [0.25, 0.3) is 0 Å². The number of guanidine groups is 1. The molecule has 2 aromatic rings. The average molecular weight is 390 g/mol. The summed E-state index contributed by atoms with van der Waals surface area (Å²) in [6.07, 6.45) is 0.507. The number of nitrogens with one attached hydrogen (secondary N) is 1. The number of benzene rings is 2. The maximum absolute atomic E-state index is 12.3. The molecule has 146 valence electrons. The molecule has 0 aliphatic carbocycles. The SMILES string of the molecule is CN=C(NCCCS(=O)(=O)c1ccccc1)N(C)Cc1ccc(OC)cc1. The van der Waals surface area contributed by atoms with Crippen LogP contribution >= 0.6 is 0 Å². The van der Waals surface area contributed by atoms with Crippen LogP contribution in [0.5, 0.6) is 5.75 Å². The van der Waals surface area contributed by atoms with E-state index >= 15 is 0 Å². The number of nitrogens with zero attached hydrogens (tertiary/aromatic N) is 2. The molecule has 0 aliphatic rings. The van der Waals surface area contributed by atoms with Gasteiger partial charge in [0.1, 0.15) is 5.75 Å². The van der Waals surface area contributed by atoms with Gasteiger partial charge in [-0.25, -0.2) is 8.42 Å². The lowest BCUT2D eigenvalue weighted by molar-refractivity contribution is 0.414. The monoisotopic (exact) mass is 389 g/mol. The van der Waals surface area contributed by atoms with E-state index in [9.17, 15) is 8.42 Å². The van der Waals surface area contributed by atoms with Crippen molar-refractivity contribution >= 4 is 15.8 Å². The second kappa shape index (κ2) is 9.97. The maximum Gasteiger partial charge on any atom is 0.193 e. The van der Waals surface area contributed by atoms with Crippen molar-refractivity contribution < 1.29 is 13.2 Å². The zero-order valence-corrected chi connectivity index (χ0v) is 16.9. The first-order chi connectivity index (χ1) is 13.0. The molecule has 0 aliphatic heterocycles. The van der Waals surface area contributed by atoms with E-state index in [0.29, 0.717) is 24.4 Å². The Labute approximate surface area is 161 Å². The Kier molecular flexibility index (Phi) is 7.67. The van der Waals surface area contributed by atoms with Gasteiger partial charge in [-0.1, -0.05) is 30.3 Å². The third kappa shape index (κ3) is 6.29. The molecule has 2 aromatic carbocycles. The molecule has 0 atom stereocenters. The Balaban J connectivity index is 1.82. The van der Waals surface area contributed by atoms with Crippen molar-refractivity contribution in [2.24, 2.45) is 4.99 Å². The molecule has 2 rings (SSSR count). The molecule has 7 heteroatoms. The van der Waals surface area contributed by atoms with Gasteiger partial charge in [-0.15, -0.1) is 0 Å². The zero-order chi connectivity index (χ0) is 19.7. The van der Waals surface area contributed by atoms with E-state index in [1.807, 2.05) is 42.3 Å². The highest BCUT2D eigenvalue weighted by molar-refractivity contribution is 7.91. The number of sulfone groups is 1. The van der Waals surface area contributed by atoms with Crippen LogP contribution in [-0.4, -0.2) is 52.8 Å². The Hall–Kier alpha value is -2.54. The van der Waals surface area contributed by atoms with Crippen molar-refractivity contribution in [1.82, 2.24) is 10.2 Å². The molecule has 0 spiro atoms. The molecular weight excluding hydrogens is 362 g/mol. The number of methoxy groups -OCH3 is 1. The predicted octanol–water partition coefficient (Wildman–Crippen LogP) is 2.57. The quantitative estimate of drug-likeness (QED) is 0.427. The van der Waals surface area contributed by atoms with Crippen molar-refractivity contribution in [2.45, 2.75) is 17.9 Å². The Morgan fingerprint density at radius 2 is 1.78 bits per heavy atom. The molecule has 0 saturated heterocycles. The Morgan fingerprint density at radius 3 is 2.37 bits per heavy atom. The normalized spacial score (nSPS) is 11.9. The third-order valence-corrected chi connectivity index (χ3v) is 5.94. The van der Waals surface area contributed by atoms with Crippen molar-refractivity contribution in [1.29, 1.82) is 0 Å². The third-order valence-electron chi connectivity index (χ3n) is 4.13. The zero-order valence-electron chi connectivity index (χ0n) is 16.1. The number of hydrogen-bond acceptors (Lipinski definition) is 4. The summed E-state index contributed by atoms with van der Waals surface area (Å²) >= 11 is 0. The molecule has 0 saturated carbocycles. The van der Waals surface area contributed by atoms with Crippen LogP contribution in [0.15, 0.2) is 64.5 Å². The van der Waals surface area contributed by atoms with Gasteiger partial charge in [0.2, 0.25) is 0 Å².